The van der Waals surface area contributed by atoms with E-state index in [0.717, 1.165) is 55.1 Å². The number of rotatable bonds is 15. The Balaban J connectivity index is 1.64. The summed E-state index contributed by atoms with van der Waals surface area (Å²) >= 11 is 0. The van der Waals surface area contributed by atoms with E-state index in [-0.39, 0.29) is 12.2 Å². The first-order valence-electron chi connectivity index (χ1n) is 17.9. The molecule has 0 unspecified atom stereocenters. The molecule has 9 heteroatoms. The predicted octanol–water partition coefficient (Wildman–Crippen LogP) is 9.76. The molecule has 1 aliphatic heterocycles. The van der Waals surface area contributed by atoms with Gasteiger partial charge in [-0.3, -0.25) is 0 Å². The molecule has 1 aliphatic rings. The zero-order chi connectivity index (χ0) is 36.3. The second-order valence-corrected chi connectivity index (χ2v) is 16.1. The molecule has 0 atom stereocenters. The molecule has 2 amide bonds. The number of hydrogen-bond acceptors (Lipinski definition) is 6. The maximum atomic E-state index is 13.1. The first-order valence-corrected chi connectivity index (χ1v) is 17.9. The molecule has 0 bridgehead atoms. The molecule has 2 aromatic carbocycles. The first-order chi connectivity index (χ1) is 22.9. The smallest absolute Gasteiger partial charge is 0.444 e. The standard InChI is InChI=1S/C40H61BN2O6/c1-37(2,3)46-35(44)42(30-32-22-14-11-15-23-32)28-20-13-18-26-34(41-48-39(7,8)40(9,10)49-41)27-19-21-29-43(36(45)47-38(4,5)6)31-33-24-16-12-17-25-33/h11-12,14-17,22-26H,13,18-21,27-31H2,1-10H3/b34-26+. The second-order valence-electron chi connectivity index (χ2n) is 16.1. The molecular formula is C40H61BN2O6. The van der Waals surface area contributed by atoms with Crippen molar-refractivity contribution in [3.8, 4) is 0 Å². The highest BCUT2D eigenvalue weighted by Gasteiger charge is 2.52. The summed E-state index contributed by atoms with van der Waals surface area (Å²) in [6, 6.07) is 20.0. The van der Waals surface area contributed by atoms with Crippen LogP contribution in [0.3, 0.4) is 0 Å². The van der Waals surface area contributed by atoms with Crippen LogP contribution in [0.2, 0.25) is 0 Å². The minimum absolute atomic E-state index is 0.294. The number of unbranched alkanes of at least 4 members (excludes halogenated alkanes) is 3. The summed E-state index contributed by atoms with van der Waals surface area (Å²) in [5.74, 6) is 0. The lowest BCUT2D eigenvalue weighted by Gasteiger charge is -2.32. The van der Waals surface area contributed by atoms with E-state index in [1.165, 1.54) is 0 Å². The number of amides is 2. The molecule has 1 heterocycles. The van der Waals surface area contributed by atoms with Gasteiger partial charge in [-0.05, 0) is 124 Å². The SMILES string of the molecule is CC(C)(C)OC(=O)N(CCCC/C=C(\CCCCN(Cc1ccccc1)C(=O)OC(C)(C)C)B1OC(C)(C)C(C)(C)O1)Cc1ccccc1. The van der Waals surface area contributed by atoms with Crippen LogP contribution >= 0.6 is 0 Å². The van der Waals surface area contributed by atoms with Gasteiger partial charge in [-0.15, -0.1) is 0 Å². The van der Waals surface area contributed by atoms with Gasteiger partial charge in [0.05, 0.1) is 11.2 Å². The Hall–Kier alpha value is -3.30. The molecule has 270 valence electrons. The molecule has 0 aliphatic carbocycles. The third kappa shape index (κ3) is 13.9. The van der Waals surface area contributed by atoms with Gasteiger partial charge in [-0.25, -0.2) is 9.59 Å². The second kappa shape index (κ2) is 17.6. The van der Waals surface area contributed by atoms with Crippen LogP contribution in [0.1, 0.15) is 119 Å². The topological polar surface area (TPSA) is 77.5 Å². The van der Waals surface area contributed by atoms with E-state index < -0.39 is 29.5 Å². The lowest BCUT2D eigenvalue weighted by molar-refractivity contribution is 0.00578. The maximum Gasteiger partial charge on any atom is 0.490 e. The van der Waals surface area contributed by atoms with Crippen molar-refractivity contribution in [1.82, 2.24) is 9.80 Å². The van der Waals surface area contributed by atoms with E-state index in [2.05, 4.69) is 33.8 Å². The Morgan fingerprint density at radius 3 is 1.49 bits per heavy atom. The fourth-order valence-electron chi connectivity index (χ4n) is 5.41. The molecule has 2 aromatic rings. The third-order valence-corrected chi connectivity index (χ3v) is 8.72. The predicted molar refractivity (Wildman–Crippen MR) is 198 cm³/mol. The molecular weight excluding hydrogens is 615 g/mol. The van der Waals surface area contributed by atoms with Crippen LogP contribution in [0, 0.1) is 0 Å². The molecule has 0 spiro atoms. The van der Waals surface area contributed by atoms with Gasteiger partial charge in [0.15, 0.2) is 0 Å². The van der Waals surface area contributed by atoms with E-state index >= 15 is 0 Å². The van der Waals surface area contributed by atoms with Gasteiger partial charge in [-0.1, -0.05) is 66.7 Å². The summed E-state index contributed by atoms with van der Waals surface area (Å²) in [6.07, 6.45) is 6.72. The van der Waals surface area contributed by atoms with Gasteiger partial charge in [0.1, 0.15) is 11.2 Å². The maximum absolute atomic E-state index is 13.1. The van der Waals surface area contributed by atoms with E-state index in [1.807, 2.05) is 102 Å². The Kier molecular flexibility index (Phi) is 14.4. The molecule has 1 saturated heterocycles. The summed E-state index contributed by atoms with van der Waals surface area (Å²) in [4.78, 5) is 29.8. The Morgan fingerprint density at radius 2 is 1.08 bits per heavy atom. The van der Waals surface area contributed by atoms with Crippen LogP contribution in [-0.4, -0.2) is 64.6 Å². The lowest BCUT2D eigenvalue weighted by Crippen LogP contribution is -2.41. The quantitative estimate of drug-likeness (QED) is 0.138. The van der Waals surface area contributed by atoms with Crippen LogP contribution in [-0.2, 0) is 31.9 Å². The number of benzene rings is 2. The lowest BCUT2D eigenvalue weighted by atomic mass is 9.74. The van der Waals surface area contributed by atoms with Crippen LogP contribution in [0.15, 0.2) is 72.2 Å². The summed E-state index contributed by atoms with van der Waals surface area (Å²) in [5, 5.41) is 0. The summed E-state index contributed by atoms with van der Waals surface area (Å²) in [5.41, 5.74) is 1.27. The Morgan fingerprint density at radius 1 is 0.673 bits per heavy atom. The third-order valence-electron chi connectivity index (χ3n) is 8.72. The van der Waals surface area contributed by atoms with Crippen LogP contribution < -0.4 is 0 Å². The van der Waals surface area contributed by atoms with Gasteiger partial charge in [0, 0.05) is 26.2 Å². The molecule has 0 saturated carbocycles. The number of carbonyl (C=O) groups is 2. The molecule has 0 radical (unpaired) electrons. The summed E-state index contributed by atoms with van der Waals surface area (Å²) in [7, 11) is -0.423. The summed E-state index contributed by atoms with van der Waals surface area (Å²) in [6.45, 7) is 21.9. The molecule has 49 heavy (non-hydrogen) atoms. The van der Waals surface area contributed by atoms with Gasteiger partial charge in [0.2, 0.25) is 0 Å². The van der Waals surface area contributed by atoms with Gasteiger partial charge in [-0.2, -0.15) is 0 Å². The van der Waals surface area contributed by atoms with Crippen molar-refractivity contribution in [2.75, 3.05) is 13.1 Å². The van der Waals surface area contributed by atoms with Crippen molar-refractivity contribution in [3.63, 3.8) is 0 Å². The zero-order valence-corrected chi connectivity index (χ0v) is 31.8. The molecule has 1 fully saturated rings. The van der Waals surface area contributed by atoms with Gasteiger partial charge < -0.3 is 28.6 Å². The minimum atomic E-state index is -0.565. The number of ether oxygens (including phenoxy) is 2. The fraction of sp³-hybridized carbons (Fsp3) is 0.600. The average Bonchev–Trinajstić information content (AvgIpc) is 3.21. The van der Waals surface area contributed by atoms with Crippen LogP contribution in [0.5, 0.6) is 0 Å². The Labute approximate surface area is 296 Å². The van der Waals surface area contributed by atoms with Crippen LogP contribution in [0.25, 0.3) is 0 Å². The van der Waals surface area contributed by atoms with E-state index in [4.69, 9.17) is 18.8 Å². The van der Waals surface area contributed by atoms with Gasteiger partial charge >= 0.3 is 19.3 Å². The number of nitrogens with zero attached hydrogens (tertiary/aromatic N) is 2. The molecule has 3 rings (SSSR count). The molecule has 0 N–H and O–H groups in total. The number of allylic oxidation sites excluding steroid dienone is 2. The molecule has 0 aromatic heterocycles. The number of carbonyl (C=O) groups excluding carboxylic acids is 2. The Bertz CT molecular complexity index is 1330. The van der Waals surface area contributed by atoms with Crippen LogP contribution in [0.4, 0.5) is 9.59 Å². The monoisotopic (exact) mass is 676 g/mol. The van der Waals surface area contributed by atoms with Crippen molar-refractivity contribution in [1.29, 1.82) is 0 Å². The average molecular weight is 677 g/mol. The van der Waals surface area contributed by atoms with Crippen molar-refractivity contribution < 1.29 is 28.4 Å². The first kappa shape index (κ1) is 40.1. The van der Waals surface area contributed by atoms with E-state index in [1.54, 1.807) is 9.80 Å². The highest BCUT2D eigenvalue weighted by Crippen LogP contribution is 2.39. The van der Waals surface area contributed by atoms with Gasteiger partial charge in [0.25, 0.3) is 0 Å². The largest absolute Gasteiger partial charge is 0.490 e. The van der Waals surface area contributed by atoms with Crippen molar-refractivity contribution in [2.45, 2.75) is 143 Å². The normalized spacial score (nSPS) is 16.0. The highest BCUT2D eigenvalue weighted by molar-refractivity contribution is 6.54. The summed E-state index contributed by atoms with van der Waals surface area (Å²) < 4.78 is 24.4. The fourth-order valence-corrected chi connectivity index (χ4v) is 5.41. The van der Waals surface area contributed by atoms with Crippen molar-refractivity contribution >= 4 is 19.3 Å². The van der Waals surface area contributed by atoms with E-state index in [9.17, 15) is 9.59 Å². The highest BCUT2D eigenvalue weighted by atomic mass is 16.7. The van der Waals surface area contributed by atoms with E-state index in [0.29, 0.717) is 26.2 Å². The minimum Gasteiger partial charge on any atom is -0.444 e. The zero-order valence-electron chi connectivity index (χ0n) is 31.8. The number of hydrogen-bond donors (Lipinski definition) is 0. The molecule has 8 nitrogen and oxygen atoms in total. The van der Waals surface area contributed by atoms with Crippen molar-refractivity contribution in [2.24, 2.45) is 0 Å². The van der Waals surface area contributed by atoms with Crippen molar-refractivity contribution in [3.05, 3.63) is 83.3 Å².